The van der Waals surface area contributed by atoms with E-state index < -0.39 is 0 Å². The molecule has 3 rings (SSSR count). The summed E-state index contributed by atoms with van der Waals surface area (Å²) in [5.74, 6) is 1.60. The molecule has 0 unspecified atom stereocenters. The highest BCUT2D eigenvalue weighted by atomic mass is 16.5. The Kier molecular flexibility index (Phi) is 4.57. The highest BCUT2D eigenvalue weighted by Gasteiger charge is 2.12. The second-order valence-corrected chi connectivity index (χ2v) is 5.37. The first-order chi connectivity index (χ1) is 11.2. The van der Waals surface area contributed by atoms with Crippen molar-refractivity contribution in [2.75, 3.05) is 13.8 Å². The molecule has 1 aromatic heterocycles. The van der Waals surface area contributed by atoms with Gasteiger partial charge in [0.1, 0.15) is 5.75 Å². The van der Waals surface area contributed by atoms with Crippen LogP contribution >= 0.6 is 0 Å². The van der Waals surface area contributed by atoms with Crippen molar-refractivity contribution in [3.05, 3.63) is 71.6 Å². The van der Waals surface area contributed by atoms with Gasteiger partial charge in [-0.15, -0.1) is 0 Å². The summed E-state index contributed by atoms with van der Waals surface area (Å²) in [5.41, 5.74) is 3.32. The van der Waals surface area contributed by atoms with E-state index in [1.165, 1.54) is 5.56 Å². The van der Waals surface area contributed by atoms with E-state index >= 15 is 0 Å². The Labute approximate surface area is 136 Å². The molecule has 0 saturated heterocycles. The molecule has 2 heterocycles. The van der Waals surface area contributed by atoms with Gasteiger partial charge in [-0.05, 0) is 42.8 Å². The van der Waals surface area contributed by atoms with Crippen LogP contribution in [0.4, 0.5) is 0 Å². The van der Waals surface area contributed by atoms with Gasteiger partial charge in [0.15, 0.2) is 5.82 Å². The largest absolute Gasteiger partial charge is 0.497 e. The topological polar surface area (TPSA) is 50.3 Å². The third-order valence-electron chi connectivity index (χ3n) is 3.65. The molecule has 1 aliphatic rings. The third kappa shape index (κ3) is 3.88. The molecular weight excluding hydrogens is 288 g/mol. The van der Waals surface area contributed by atoms with Gasteiger partial charge in [-0.2, -0.15) is 0 Å². The Morgan fingerprint density at radius 1 is 1.22 bits per heavy atom. The van der Waals surface area contributed by atoms with Gasteiger partial charge >= 0.3 is 0 Å². The number of nitrogens with one attached hydrogen (secondary N) is 1. The number of aryl methyl sites for hydroxylation is 1. The molecule has 0 amide bonds. The van der Waals surface area contributed by atoms with Crippen molar-refractivity contribution < 1.29 is 4.74 Å². The standard InChI is InChI=1S/C18H20N4O/c1-14-9-10-20-18(21-14)8-5-16-11-19-13-22(16)12-15-3-6-17(23-2)7-4-15/h3-11,19H,12-13H2,1-2H3/b8-5+. The van der Waals surface area contributed by atoms with Crippen LogP contribution in [0.5, 0.6) is 5.75 Å². The first kappa shape index (κ1) is 15.1. The fraction of sp³-hybridized carbons (Fsp3) is 0.222. The fourth-order valence-electron chi connectivity index (χ4n) is 2.40. The predicted molar refractivity (Wildman–Crippen MR) is 90.4 cm³/mol. The molecule has 23 heavy (non-hydrogen) atoms. The van der Waals surface area contributed by atoms with E-state index in [0.29, 0.717) is 0 Å². The second-order valence-electron chi connectivity index (χ2n) is 5.37. The van der Waals surface area contributed by atoms with Gasteiger partial charge in [-0.1, -0.05) is 12.1 Å². The van der Waals surface area contributed by atoms with E-state index in [0.717, 1.165) is 36.2 Å². The molecule has 118 valence electrons. The Balaban J connectivity index is 1.67. The molecule has 5 heteroatoms. The van der Waals surface area contributed by atoms with Crippen LogP contribution in [0.1, 0.15) is 17.1 Å². The first-order valence-corrected chi connectivity index (χ1v) is 7.54. The summed E-state index contributed by atoms with van der Waals surface area (Å²) < 4.78 is 5.20. The van der Waals surface area contributed by atoms with E-state index in [-0.39, 0.29) is 0 Å². The molecule has 0 bridgehead atoms. The minimum Gasteiger partial charge on any atom is -0.497 e. The van der Waals surface area contributed by atoms with E-state index in [4.69, 9.17) is 4.74 Å². The number of hydrogen-bond acceptors (Lipinski definition) is 5. The molecule has 0 radical (unpaired) electrons. The predicted octanol–water partition coefficient (Wildman–Crippen LogP) is 2.71. The van der Waals surface area contributed by atoms with Crippen LogP contribution in [0, 0.1) is 6.92 Å². The van der Waals surface area contributed by atoms with Gasteiger partial charge < -0.3 is 15.0 Å². The lowest BCUT2D eigenvalue weighted by Crippen LogP contribution is -2.22. The minimum atomic E-state index is 0.724. The highest BCUT2D eigenvalue weighted by molar-refractivity contribution is 5.46. The molecule has 1 aromatic carbocycles. The third-order valence-corrected chi connectivity index (χ3v) is 3.65. The summed E-state index contributed by atoms with van der Waals surface area (Å²) in [6.07, 6.45) is 7.76. The Morgan fingerprint density at radius 3 is 2.78 bits per heavy atom. The molecule has 0 spiro atoms. The number of allylic oxidation sites excluding steroid dienone is 1. The normalized spacial score (nSPS) is 14.0. The number of benzene rings is 1. The van der Waals surface area contributed by atoms with Crippen LogP contribution in [0.3, 0.4) is 0 Å². The van der Waals surface area contributed by atoms with Crippen LogP contribution in [0.25, 0.3) is 6.08 Å². The van der Waals surface area contributed by atoms with E-state index in [1.807, 2.05) is 43.5 Å². The highest BCUT2D eigenvalue weighted by Crippen LogP contribution is 2.18. The summed E-state index contributed by atoms with van der Waals surface area (Å²) >= 11 is 0. The molecule has 0 atom stereocenters. The smallest absolute Gasteiger partial charge is 0.152 e. The van der Waals surface area contributed by atoms with Crippen molar-refractivity contribution in [1.29, 1.82) is 0 Å². The first-order valence-electron chi connectivity index (χ1n) is 7.54. The van der Waals surface area contributed by atoms with Crippen LogP contribution in [-0.4, -0.2) is 28.6 Å². The van der Waals surface area contributed by atoms with Crippen LogP contribution in [-0.2, 0) is 6.54 Å². The molecule has 0 fully saturated rings. The van der Waals surface area contributed by atoms with E-state index in [2.05, 4.69) is 32.3 Å². The molecule has 1 N–H and O–H groups in total. The van der Waals surface area contributed by atoms with Gasteiger partial charge in [-0.25, -0.2) is 9.97 Å². The number of ether oxygens (including phenoxy) is 1. The quantitative estimate of drug-likeness (QED) is 0.920. The lowest BCUT2D eigenvalue weighted by Gasteiger charge is -2.19. The second kappa shape index (κ2) is 6.96. The van der Waals surface area contributed by atoms with Gasteiger partial charge in [0.05, 0.1) is 19.5 Å². The molecule has 0 aliphatic carbocycles. The van der Waals surface area contributed by atoms with Crippen molar-refractivity contribution >= 4 is 6.08 Å². The lowest BCUT2D eigenvalue weighted by molar-refractivity contribution is 0.365. The Morgan fingerprint density at radius 2 is 2.04 bits per heavy atom. The molecular formula is C18H20N4O. The number of aromatic nitrogens is 2. The Hall–Kier alpha value is -2.82. The van der Waals surface area contributed by atoms with Crippen LogP contribution in [0.15, 0.2) is 54.5 Å². The summed E-state index contributed by atoms with van der Waals surface area (Å²) in [5, 5.41) is 3.26. The number of nitrogens with zero attached hydrogens (tertiary/aromatic N) is 3. The summed E-state index contributed by atoms with van der Waals surface area (Å²) in [6, 6.07) is 10.0. The van der Waals surface area contributed by atoms with Crippen molar-refractivity contribution in [3.8, 4) is 5.75 Å². The maximum absolute atomic E-state index is 5.20. The SMILES string of the molecule is COc1ccc(CN2CNC=C2/C=C/c2nccc(C)n2)cc1. The van der Waals surface area contributed by atoms with Gasteiger partial charge in [0, 0.05) is 24.6 Å². The number of hydrogen-bond donors (Lipinski definition) is 1. The lowest BCUT2D eigenvalue weighted by atomic mass is 10.2. The van der Waals surface area contributed by atoms with Crippen LogP contribution < -0.4 is 10.1 Å². The average Bonchev–Trinajstić information content (AvgIpc) is 3.01. The zero-order valence-electron chi connectivity index (χ0n) is 13.4. The summed E-state index contributed by atoms with van der Waals surface area (Å²) in [4.78, 5) is 10.9. The fourth-order valence-corrected chi connectivity index (χ4v) is 2.40. The van der Waals surface area contributed by atoms with Crippen molar-refractivity contribution in [2.45, 2.75) is 13.5 Å². The van der Waals surface area contributed by atoms with Gasteiger partial charge in [0.25, 0.3) is 0 Å². The van der Waals surface area contributed by atoms with E-state index in [1.54, 1.807) is 13.3 Å². The van der Waals surface area contributed by atoms with Crippen molar-refractivity contribution in [2.24, 2.45) is 0 Å². The maximum Gasteiger partial charge on any atom is 0.152 e. The Bertz CT molecular complexity index is 722. The van der Waals surface area contributed by atoms with Crippen molar-refractivity contribution in [3.63, 3.8) is 0 Å². The molecule has 5 nitrogen and oxygen atoms in total. The zero-order chi connectivity index (χ0) is 16.1. The molecule has 2 aromatic rings. The van der Waals surface area contributed by atoms with Crippen molar-refractivity contribution in [1.82, 2.24) is 20.2 Å². The van der Waals surface area contributed by atoms with Gasteiger partial charge in [0.2, 0.25) is 0 Å². The monoisotopic (exact) mass is 308 g/mol. The van der Waals surface area contributed by atoms with Crippen LogP contribution in [0.2, 0.25) is 0 Å². The number of rotatable bonds is 5. The van der Waals surface area contributed by atoms with Gasteiger partial charge in [-0.3, -0.25) is 0 Å². The number of methoxy groups -OCH3 is 1. The summed E-state index contributed by atoms with van der Waals surface area (Å²) in [6.45, 7) is 3.59. The maximum atomic E-state index is 5.20. The van der Waals surface area contributed by atoms with E-state index in [9.17, 15) is 0 Å². The molecule has 0 saturated carbocycles. The minimum absolute atomic E-state index is 0.724. The average molecular weight is 308 g/mol. The zero-order valence-corrected chi connectivity index (χ0v) is 13.4. The molecule has 1 aliphatic heterocycles. The summed E-state index contributed by atoms with van der Waals surface area (Å²) in [7, 11) is 1.68.